The Bertz CT molecular complexity index is 984. The van der Waals surface area contributed by atoms with Gasteiger partial charge in [0.2, 0.25) is 0 Å². The fourth-order valence-electron chi connectivity index (χ4n) is 2.30. The SMILES string of the molecule is CC(OC(=O)c1ccc(Cl)cc1N)c1nc2ccccc2c(=O)[nH]1. The zero-order valence-electron chi connectivity index (χ0n) is 12.7. The van der Waals surface area contributed by atoms with Crippen molar-refractivity contribution in [1.82, 2.24) is 9.97 Å². The summed E-state index contributed by atoms with van der Waals surface area (Å²) in [5, 5.41) is 0.902. The Kier molecular flexibility index (Phi) is 4.22. The van der Waals surface area contributed by atoms with Gasteiger partial charge in [-0.15, -0.1) is 0 Å². The minimum absolute atomic E-state index is 0.203. The van der Waals surface area contributed by atoms with Crippen molar-refractivity contribution in [3.05, 3.63) is 69.2 Å². The number of H-pyrrole nitrogens is 1. The van der Waals surface area contributed by atoms with Crippen LogP contribution in [-0.2, 0) is 4.74 Å². The molecule has 1 unspecified atom stereocenters. The van der Waals surface area contributed by atoms with Crippen molar-refractivity contribution in [2.75, 3.05) is 5.73 Å². The van der Waals surface area contributed by atoms with Gasteiger partial charge in [-0.25, -0.2) is 9.78 Å². The fraction of sp³-hybridized carbons (Fsp3) is 0.118. The first-order valence-corrected chi connectivity index (χ1v) is 7.58. The van der Waals surface area contributed by atoms with E-state index < -0.39 is 12.1 Å². The third-order valence-electron chi connectivity index (χ3n) is 3.53. The summed E-state index contributed by atoms with van der Waals surface area (Å²) in [6.07, 6.45) is -0.745. The van der Waals surface area contributed by atoms with Gasteiger partial charge in [0.25, 0.3) is 5.56 Å². The maximum Gasteiger partial charge on any atom is 0.340 e. The largest absolute Gasteiger partial charge is 0.451 e. The van der Waals surface area contributed by atoms with E-state index in [-0.39, 0.29) is 22.6 Å². The molecule has 3 rings (SSSR count). The molecule has 0 aliphatic heterocycles. The van der Waals surface area contributed by atoms with Gasteiger partial charge < -0.3 is 15.5 Å². The summed E-state index contributed by atoms with van der Waals surface area (Å²) < 4.78 is 5.35. The summed E-state index contributed by atoms with van der Waals surface area (Å²) in [4.78, 5) is 31.3. The molecule has 0 amide bonds. The average Bonchev–Trinajstić information content (AvgIpc) is 2.54. The van der Waals surface area contributed by atoms with E-state index in [0.29, 0.717) is 15.9 Å². The Morgan fingerprint density at radius 1 is 1.29 bits per heavy atom. The van der Waals surface area contributed by atoms with E-state index in [9.17, 15) is 9.59 Å². The van der Waals surface area contributed by atoms with Gasteiger partial charge in [-0.1, -0.05) is 23.7 Å². The van der Waals surface area contributed by atoms with Crippen LogP contribution in [0, 0.1) is 0 Å². The first-order chi connectivity index (χ1) is 11.5. The second kappa shape index (κ2) is 6.33. The monoisotopic (exact) mass is 343 g/mol. The molecule has 3 aromatic rings. The van der Waals surface area contributed by atoms with E-state index in [1.165, 1.54) is 12.1 Å². The minimum atomic E-state index is -0.745. The standard InChI is InChI=1S/C17H14ClN3O3/c1-9(24-17(23)11-7-6-10(18)8-13(11)19)15-20-14-5-3-2-4-12(14)16(22)21-15/h2-9H,19H2,1H3,(H,20,21,22). The average molecular weight is 344 g/mol. The molecule has 3 N–H and O–H groups in total. The number of nitrogens with one attached hydrogen (secondary N) is 1. The number of nitrogens with two attached hydrogens (primary N) is 1. The summed E-state index contributed by atoms with van der Waals surface area (Å²) in [5.41, 5.74) is 6.45. The van der Waals surface area contributed by atoms with Crippen LogP contribution in [0.1, 0.15) is 29.2 Å². The van der Waals surface area contributed by atoms with Gasteiger partial charge >= 0.3 is 5.97 Å². The molecular weight excluding hydrogens is 330 g/mol. The summed E-state index contributed by atoms with van der Waals surface area (Å²) in [6.45, 7) is 1.62. The summed E-state index contributed by atoms with van der Waals surface area (Å²) >= 11 is 5.81. The number of fused-ring (bicyclic) bond motifs is 1. The Labute approximate surface area is 142 Å². The zero-order chi connectivity index (χ0) is 17.3. The third-order valence-corrected chi connectivity index (χ3v) is 3.77. The first-order valence-electron chi connectivity index (χ1n) is 7.20. The number of para-hydroxylation sites is 1. The number of benzene rings is 2. The lowest BCUT2D eigenvalue weighted by atomic mass is 10.2. The van der Waals surface area contributed by atoms with Gasteiger partial charge in [0.15, 0.2) is 11.9 Å². The molecule has 0 bridgehead atoms. The number of aromatic amines is 1. The highest BCUT2D eigenvalue weighted by Gasteiger charge is 2.18. The van der Waals surface area contributed by atoms with Gasteiger partial charge in [0, 0.05) is 10.7 Å². The van der Waals surface area contributed by atoms with Gasteiger partial charge in [-0.2, -0.15) is 0 Å². The molecule has 7 heteroatoms. The van der Waals surface area contributed by atoms with E-state index >= 15 is 0 Å². The van der Waals surface area contributed by atoms with Crippen LogP contribution in [0.2, 0.25) is 5.02 Å². The van der Waals surface area contributed by atoms with Crippen LogP contribution in [0.5, 0.6) is 0 Å². The van der Waals surface area contributed by atoms with Crippen LogP contribution in [-0.4, -0.2) is 15.9 Å². The van der Waals surface area contributed by atoms with Crippen LogP contribution >= 0.6 is 11.6 Å². The number of rotatable bonds is 3. The summed E-state index contributed by atoms with van der Waals surface area (Å²) in [6, 6.07) is 11.4. The van der Waals surface area contributed by atoms with Crippen LogP contribution in [0.3, 0.4) is 0 Å². The molecule has 122 valence electrons. The number of carbonyl (C=O) groups excluding carboxylic acids is 1. The van der Waals surface area contributed by atoms with Gasteiger partial charge in [-0.3, -0.25) is 4.79 Å². The molecule has 0 spiro atoms. The molecule has 2 aromatic carbocycles. The maximum absolute atomic E-state index is 12.2. The van der Waals surface area contributed by atoms with Crippen molar-refractivity contribution in [2.24, 2.45) is 0 Å². The van der Waals surface area contributed by atoms with E-state index in [1.807, 2.05) is 0 Å². The summed E-state index contributed by atoms with van der Waals surface area (Å²) in [5.74, 6) is -0.355. The summed E-state index contributed by atoms with van der Waals surface area (Å²) in [7, 11) is 0. The molecule has 1 atom stereocenters. The number of hydrogen-bond donors (Lipinski definition) is 2. The number of esters is 1. The van der Waals surface area contributed by atoms with Gasteiger partial charge in [-0.05, 0) is 37.3 Å². The lowest BCUT2D eigenvalue weighted by Crippen LogP contribution is -2.18. The zero-order valence-corrected chi connectivity index (χ0v) is 13.5. The Balaban J connectivity index is 1.88. The number of aromatic nitrogens is 2. The predicted octanol–water partition coefficient (Wildman–Crippen LogP) is 3.08. The van der Waals surface area contributed by atoms with E-state index in [0.717, 1.165) is 0 Å². The Morgan fingerprint density at radius 3 is 2.79 bits per heavy atom. The normalized spacial score (nSPS) is 12.1. The molecular formula is C17H14ClN3O3. The molecule has 0 fully saturated rings. The van der Waals surface area contributed by atoms with E-state index in [2.05, 4.69) is 9.97 Å². The molecule has 1 aromatic heterocycles. The van der Waals surface area contributed by atoms with E-state index in [1.54, 1.807) is 37.3 Å². The quantitative estimate of drug-likeness (QED) is 0.562. The number of nitrogens with zero attached hydrogens (tertiary/aromatic N) is 1. The van der Waals surface area contributed by atoms with Crippen molar-refractivity contribution >= 4 is 34.2 Å². The van der Waals surface area contributed by atoms with Crippen molar-refractivity contribution in [3.8, 4) is 0 Å². The predicted molar refractivity (Wildman–Crippen MR) is 92.1 cm³/mol. The first kappa shape index (κ1) is 16.0. The number of ether oxygens (including phenoxy) is 1. The molecule has 0 aliphatic rings. The van der Waals surface area contributed by atoms with Crippen molar-refractivity contribution in [1.29, 1.82) is 0 Å². The topological polar surface area (TPSA) is 98.1 Å². The van der Waals surface area contributed by atoms with Crippen molar-refractivity contribution in [2.45, 2.75) is 13.0 Å². The molecule has 0 radical (unpaired) electrons. The molecule has 0 aliphatic carbocycles. The molecule has 0 saturated carbocycles. The lowest BCUT2D eigenvalue weighted by Gasteiger charge is -2.14. The smallest absolute Gasteiger partial charge is 0.340 e. The molecule has 6 nitrogen and oxygen atoms in total. The van der Waals surface area contributed by atoms with Crippen LogP contribution < -0.4 is 11.3 Å². The van der Waals surface area contributed by atoms with Crippen LogP contribution in [0.15, 0.2) is 47.3 Å². The number of hydrogen-bond acceptors (Lipinski definition) is 5. The van der Waals surface area contributed by atoms with Gasteiger partial charge in [0.05, 0.1) is 16.5 Å². The minimum Gasteiger partial charge on any atom is -0.451 e. The maximum atomic E-state index is 12.2. The number of anilines is 1. The van der Waals surface area contributed by atoms with Crippen LogP contribution in [0.25, 0.3) is 10.9 Å². The van der Waals surface area contributed by atoms with Crippen LogP contribution in [0.4, 0.5) is 5.69 Å². The highest BCUT2D eigenvalue weighted by atomic mass is 35.5. The Hall–Kier alpha value is -2.86. The second-order valence-electron chi connectivity index (χ2n) is 5.25. The highest BCUT2D eigenvalue weighted by molar-refractivity contribution is 6.31. The fourth-order valence-corrected chi connectivity index (χ4v) is 2.48. The van der Waals surface area contributed by atoms with Gasteiger partial charge in [0.1, 0.15) is 0 Å². The number of carbonyl (C=O) groups is 1. The Morgan fingerprint density at radius 2 is 2.04 bits per heavy atom. The molecule has 24 heavy (non-hydrogen) atoms. The molecule has 1 heterocycles. The lowest BCUT2D eigenvalue weighted by molar-refractivity contribution is 0.0321. The third kappa shape index (κ3) is 3.09. The van der Waals surface area contributed by atoms with E-state index in [4.69, 9.17) is 22.1 Å². The number of nitrogen functional groups attached to an aromatic ring is 1. The second-order valence-corrected chi connectivity index (χ2v) is 5.68. The number of halogens is 1. The molecule has 0 saturated heterocycles. The van der Waals surface area contributed by atoms with Crippen molar-refractivity contribution in [3.63, 3.8) is 0 Å². The highest BCUT2D eigenvalue weighted by Crippen LogP contribution is 2.22. The van der Waals surface area contributed by atoms with Crippen molar-refractivity contribution < 1.29 is 9.53 Å².